The molecule has 8 heteroatoms. The third-order valence-electron chi connectivity index (χ3n) is 7.55. The summed E-state index contributed by atoms with van der Waals surface area (Å²) in [5, 5.41) is 20.8. The van der Waals surface area contributed by atoms with Crippen LogP contribution in [0.25, 0.3) is 0 Å². The average Bonchev–Trinajstić information content (AvgIpc) is 2.91. The maximum atomic E-state index is 13.1. The summed E-state index contributed by atoms with van der Waals surface area (Å²) in [6.45, 7) is 5.48. The van der Waals surface area contributed by atoms with E-state index < -0.39 is 30.1 Å². The van der Waals surface area contributed by atoms with E-state index in [0.29, 0.717) is 6.42 Å². The maximum Gasteiger partial charge on any atom is 0.309 e. The van der Waals surface area contributed by atoms with Gasteiger partial charge in [-0.05, 0) is 31.2 Å². The summed E-state index contributed by atoms with van der Waals surface area (Å²) in [5.41, 5.74) is 0.951. The van der Waals surface area contributed by atoms with E-state index in [2.05, 4.69) is 0 Å². The molecule has 0 saturated heterocycles. The van der Waals surface area contributed by atoms with Gasteiger partial charge in [0, 0.05) is 33.2 Å². The number of ether oxygens (including phenoxy) is 4. The number of carbonyl (C=O) groups is 1. The zero-order valence-corrected chi connectivity index (χ0v) is 23.1. The van der Waals surface area contributed by atoms with Gasteiger partial charge in [0.2, 0.25) is 0 Å². The van der Waals surface area contributed by atoms with Crippen molar-refractivity contribution in [1.82, 2.24) is 0 Å². The topological polar surface area (TPSA) is 104 Å². The van der Waals surface area contributed by atoms with Gasteiger partial charge in [-0.2, -0.15) is 0 Å². The molecule has 0 amide bonds. The quantitative estimate of drug-likeness (QED) is 0.242. The van der Waals surface area contributed by atoms with Gasteiger partial charge in [-0.25, -0.2) is 4.89 Å². The minimum Gasteiger partial charge on any atom is -0.457 e. The Balaban J connectivity index is 2.35. The van der Waals surface area contributed by atoms with Crippen LogP contribution in [0.4, 0.5) is 0 Å². The largest absolute Gasteiger partial charge is 0.457 e. The Morgan fingerprint density at radius 3 is 2.14 bits per heavy atom. The first kappa shape index (κ1) is 31.4. The van der Waals surface area contributed by atoms with Crippen LogP contribution in [0, 0.1) is 17.8 Å². The molecule has 0 fully saturated rings. The molecule has 37 heavy (non-hydrogen) atoms. The predicted octanol–water partition coefficient (Wildman–Crippen LogP) is 4.96. The number of cyclic esters (lactones) is 1. The third kappa shape index (κ3) is 9.16. The molecule has 1 aliphatic rings. The molecule has 9 atom stereocenters. The highest BCUT2D eigenvalue weighted by Gasteiger charge is 2.36. The van der Waals surface area contributed by atoms with Gasteiger partial charge in [0.25, 0.3) is 0 Å². The van der Waals surface area contributed by atoms with Crippen molar-refractivity contribution < 1.29 is 39.0 Å². The minimum absolute atomic E-state index is 0.167. The summed E-state index contributed by atoms with van der Waals surface area (Å²) in [6, 6.07) is 9.75. The Morgan fingerprint density at radius 2 is 1.54 bits per heavy atom. The van der Waals surface area contributed by atoms with E-state index in [4.69, 9.17) is 23.8 Å². The molecule has 2 rings (SSSR count). The standard InChI is InChI=1S/C29H46O8/c1-19-16-17-25(34-5)24(33-4)15-11-10-14-23(22-12-8-7-9-13-22)36-29(31)20(2)18-26(35-6)27(30)21(3)28(19)37-32/h7-9,12-13,16-17,19-21,23-28,30,32H,10-11,14-15,18H2,1-6H3/b17-16+/t19-,20-,21-,23-,24-,25+,26-,27-,28-/m0/s1. The molecule has 1 aromatic carbocycles. The van der Waals surface area contributed by atoms with Crippen molar-refractivity contribution in [3.05, 3.63) is 48.0 Å². The van der Waals surface area contributed by atoms with Gasteiger partial charge >= 0.3 is 5.97 Å². The molecule has 1 heterocycles. The van der Waals surface area contributed by atoms with Gasteiger partial charge < -0.3 is 24.1 Å². The van der Waals surface area contributed by atoms with Crippen molar-refractivity contribution in [1.29, 1.82) is 0 Å². The molecule has 8 nitrogen and oxygen atoms in total. The number of aliphatic hydroxyl groups is 1. The third-order valence-corrected chi connectivity index (χ3v) is 7.55. The number of aliphatic hydroxyl groups excluding tert-OH is 1. The maximum absolute atomic E-state index is 13.1. The van der Waals surface area contributed by atoms with Crippen molar-refractivity contribution in [3.63, 3.8) is 0 Å². The van der Waals surface area contributed by atoms with Gasteiger partial charge in [0.15, 0.2) is 0 Å². The zero-order valence-electron chi connectivity index (χ0n) is 23.1. The lowest BCUT2D eigenvalue weighted by molar-refractivity contribution is -0.304. The number of rotatable bonds is 5. The fraction of sp³-hybridized carbons (Fsp3) is 0.690. The van der Waals surface area contributed by atoms with E-state index in [1.807, 2.05) is 49.4 Å². The van der Waals surface area contributed by atoms with Gasteiger partial charge in [0.05, 0.1) is 24.2 Å². The van der Waals surface area contributed by atoms with Crippen LogP contribution < -0.4 is 0 Å². The average molecular weight is 523 g/mol. The van der Waals surface area contributed by atoms with Crippen LogP contribution in [-0.2, 0) is 28.6 Å². The molecule has 1 aromatic rings. The Hall–Kier alpha value is -1.81. The van der Waals surface area contributed by atoms with Gasteiger partial charge in [0.1, 0.15) is 18.3 Å². The highest BCUT2D eigenvalue weighted by molar-refractivity contribution is 5.72. The SMILES string of the molecule is CO[C@H]1C[C@H](C)C(=O)O[C@H](c2ccccc2)CCCC[C@H](OC)[C@H](OC)/C=C/[C@H](C)[C@H](OO)[C@@H](C)[C@@H]1O. The second-order valence-corrected chi connectivity index (χ2v) is 10.2. The summed E-state index contributed by atoms with van der Waals surface area (Å²) in [6.07, 6.45) is 4.12. The summed E-state index contributed by atoms with van der Waals surface area (Å²) in [4.78, 5) is 17.9. The minimum atomic E-state index is -0.984. The molecular weight excluding hydrogens is 476 g/mol. The lowest BCUT2D eigenvalue weighted by atomic mass is 9.84. The summed E-state index contributed by atoms with van der Waals surface area (Å²) >= 11 is 0. The van der Waals surface area contributed by atoms with Gasteiger partial charge in [-0.3, -0.25) is 10.1 Å². The van der Waals surface area contributed by atoms with E-state index in [1.54, 1.807) is 28.1 Å². The molecule has 0 aliphatic carbocycles. The Bertz CT molecular complexity index is 800. The van der Waals surface area contributed by atoms with Crippen LogP contribution in [0.2, 0.25) is 0 Å². The predicted molar refractivity (Wildman–Crippen MR) is 141 cm³/mol. The van der Waals surface area contributed by atoms with E-state index in [9.17, 15) is 15.2 Å². The van der Waals surface area contributed by atoms with Crippen molar-refractivity contribution in [2.75, 3.05) is 21.3 Å². The van der Waals surface area contributed by atoms with E-state index in [0.717, 1.165) is 24.8 Å². The van der Waals surface area contributed by atoms with Crippen molar-refractivity contribution >= 4 is 5.97 Å². The first-order valence-electron chi connectivity index (χ1n) is 13.3. The van der Waals surface area contributed by atoms with Crippen molar-refractivity contribution in [3.8, 4) is 0 Å². The van der Waals surface area contributed by atoms with E-state index in [-0.39, 0.29) is 36.6 Å². The Labute approximate surface area is 221 Å². The number of carbonyl (C=O) groups excluding carboxylic acids is 1. The molecule has 0 radical (unpaired) electrons. The molecule has 210 valence electrons. The fourth-order valence-electron chi connectivity index (χ4n) is 5.08. The van der Waals surface area contributed by atoms with E-state index in [1.165, 1.54) is 7.11 Å². The molecule has 2 N–H and O–H groups in total. The lowest BCUT2D eigenvalue weighted by Gasteiger charge is -2.33. The molecular formula is C29H46O8. The smallest absolute Gasteiger partial charge is 0.309 e. The summed E-state index contributed by atoms with van der Waals surface area (Å²) < 4.78 is 23.0. The molecule has 0 unspecified atom stereocenters. The Morgan fingerprint density at radius 1 is 0.892 bits per heavy atom. The fourth-order valence-corrected chi connectivity index (χ4v) is 5.08. The normalized spacial score (nSPS) is 36.2. The first-order chi connectivity index (χ1) is 17.8. The monoisotopic (exact) mass is 522 g/mol. The van der Waals surface area contributed by atoms with Crippen LogP contribution in [0.5, 0.6) is 0 Å². The van der Waals surface area contributed by atoms with Crippen LogP contribution >= 0.6 is 0 Å². The molecule has 0 spiro atoms. The number of methoxy groups -OCH3 is 3. The van der Waals surface area contributed by atoms with E-state index >= 15 is 0 Å². The number of hydrogen-bond donors (Lipinski definition) is 2. The molecule has 1 aliphatic heterocycles. The molecule has 0 saturated carbocycles. The summed E-state index contributed by atoms with van der Waals surface area (Å²) in [7, 11) is 4.81. The van der Waals surface area contributed by atoms with Crippen LogP contribution in [0.1, 0.15) is 64.5 Å². The van der Waals surface area contributed by atoms with Crippen molar-refractivity contribution in [2.24, 2.45) is 17.8 Å². The number of benzene rings is 1. The zero-order chi connectivity index (χ0) is 27.4. The Kier molecular flexibility index (Phi) is 13.8. The van der Waals surface area contributed by atoms with Crippen LogP contribution in [-0.4, -0.2) is 68.2 Å². The number of esters is 1. The highest BCUT2D eigenvalue weighted by Crippen LogP contribution is 2.30. The second-order valence-electron chi connectivity index (χ2n) is 10.2. The summed E-state index contributed by atoms with van der Waals surface area (Å²) in [5.74, 6) is -1.57. The van der Waals surface area contributed by atoms with Crippen LogP contribution in [0.15, 0.2) is 42.5 Å². The second kappa shape index (κ2) is 16.2. The van der Waals surface area contributed by atoms with Crippen LogP contribution in [0.3, 0.4) is 0 Å². The molecule has 0 bridgehead atoms. The molecule has 0 aromatic heterocycles. The van der Waals surface area contributed by atoms with Gasteiger partial charge in [-0.1, -0.05) is 69.7 Å². The number of hydrogen-bond acceptors (Lipinski definition) is 8. The van der Waals surface area contributed by atoms with Gasteiger partial charge in [-0.15, -0.1) is 0 Å². The van der Waals surface area contributed by atoms with Crippen molar-refractivity contribution in [2.45, 2.75) is 89.5 Å². The highest BCUT2D eigenvalue weighted by atomic mass is 17.1. The lowest BCUT2D eigenvalue weighted by Crippen LogP contribution is -2.43. The first-order valence-corrected chi connectivity index (χ1v) is 13.3.